The molecule has 1 aliphatic rings. The fourth-order valence-electron chi connectivity index (χ4n) is 2.20. The number of ketones is 2. The van der Waals surface area contributed by atoms with Crippen molar-refractivity contribution >= 4 is 39.1 Å². The van der Waals surface area contributed by atoms with Gasteiger partial charge in [-0.15, -0.1) is 0 Å². The summed E-state index contributed by atoms with van der Waals surface area (Å²) in [5.74, 6) is -1.00. The van der Waals surface area contributed by atoms with E-state index >= 15 is 0 Å². The summed E-state index contributed by atoms with van der Waals surface area (Å²) in [6.07, 6.45) is 0. The molecular formula is C14H6BrClO3. The zero-order valence-electron chi connectivity index (χ0n) is 9.41. The van der Waals surface area contributed by atoms with Crippen LogP contribution < -0.4 is 0 Å². The predicted octanol–water partition coefficient (Wildman–Crippen LogP) is 3.58. The van der Waals surface area contributed by atoms with Crippen LogP contribution in [0.25, 0.3) is 0 Å². The first-order valence-corrected chi connectivity index (χ1v) is 6.59. The maximum Gasteiger partial charge on any atom is 0.198 e. The van der Waals surface area contributed by atoms with Gasteiger partial charge in [0.1, 0.15) is 5.75 Å². The van der Waals surface area contributed by atoms with Gasteiger partial charge in [0, 0.05) is 11.1 Å². The van der Waals surface area contributed by atoms with Gasteiger partial charge in [-0.25, -0.2) is 0 Å². The van der Waals surface area contributed by atoms with E-state index in [0.29, 0.717) is 5.56 Å². The Hall–Kier alpha value is -1.65. The molecule has 0 fully saturated rings. The second-order valence-electron chi connectivity index (χ2n) is 4.14. The van der Waals surface area contributed by atoms with E-state index in [1.807, 2.05) is 0 Å². The van der Waals surface area contributed by atoms with Gasteiger partial charge in [0.05, 0.1) is 20.6 Å². The Morgan fingerprint density at radius 2 is 1.53 bits per heavy atom. The summed E-state index contributed by atoms with van der Waals surface area (Å²) in [4.78, 5) is 24.8. The molecule has 0 saturated carbocycles. The SMILES string of the molecule is O=C1c2ccccc2C(=O)c2c(O)c(Br)cc(Cl)c21. The van der Waals surface area contributed by atoms with Crippen LogP contribution in [0.2, 0.25) is 5.02 Å². The van der Waals surface area contributed by atoms with Crippen LogP contribution in [0, 0.1) is 0 Å². The number of phenolic OH excluding ortho intramolecular Hbond substituents is 1. The van der Waals surface area contributed by atoms with Gasteiger partial charge in [-0.2, -0.15) is 0 Å². The van der Waals surface area contributed by atoms with Gasteiger partial charge in [-0.3, -0.25) is 9.59 Å². The molecule has 0 radical (unpaired) electrons. The normalized spacial score (nSPS) is 13.2. The van der Waals surface area contributed by atoms with E-state index in [4.69, 9.17) is 11.6 Å². The summed E-state index contributed by atoms with van der Waals surface area (Å²) in [7, 11) is 0. The van der Waals surface area contributed by atoms with E-state index in [1.165, 1.54) is 6.07 Å². The van der Waals surface area contributed by atoms with Crippen molar-refractivity contribution in [3.63, 3.8) is 0 Å². The number of aromatic hydroxyl groups is 1. The van der Waals surface area contributed by atoms with E-state index in [-0.39, 0.29) is 37.7 Å². The molecule has 0 aliphatic heterocycles. The molecule has 0 bridgehead atoms. The first-order chi connectivity index (χ1) is 9.02. The van der Waals surface area contributed by atoms with Gasteiger partial charge >= 0.3 is 0 Å². The summed E-state index contributed by atoms with van der Waals surface area (Å²) >= 11 is 9.15. The molecule has 0 amide bonds. The molecule has 3 nitrogen and oxygen atoms in total. The van der Waals surface area contributed by atoms with Gasteiger partial charge in [-0.05, 0) is 22.0 Å². The van der Waals surface area contributed by atoms with Crippen molar-refractivity contribution < 1.29 is 14.7 Å². The second-order valence-corrected chi connectivity index (χ2v) is 5.40. The van der Waals surface area contributed by atoms with Crippen molar-refractivity contribution in [1.82, 2.24) is 0 Å². The van der Waals surface area contributed by atoms with Crippen molar-refractivity contribution in [2.45, 2.75) is 0 Å². The van der Waals surface area contributed by atoms with E-state index < -0.39 is 5.78 Å². The lowest BCUT2D eigenvalue weighted by molar-refractivity contribution is 0.0976. The van der Waals surface area contributed by atoms with E-state index in [0.717, 1.165) is 0 Å². The Morgan fingerprint density at radius 3 is 2.11 bits per heavy atom. The highest BCUT2D eigenvalue weighted by Gasteiger charge is 2.34. The van der Waals surface area contributed by atoms with Crippen LogP contribution in [0.4, 0.5) is 0 Å². The Balaban J connectivity index is 2.43. The van der Waals surface area contributed by atoms with Crippen LogP contribution in [0.1, 0.15) is 31.8 Å². The molecule has 19 heavy (non-hydrogen) atoms. The Kier molecular flexibility index (Phi) is 2.73. The average Bonchev–Trinajstić information content (AvgIpc) is 2.40. The monoisotopic (exact) mass is 336 g/mol. The minimum atomic E-state index is -0.397. The molecule has 3 rings (SSSR count). The molecule has 0 heterocycles. The van der Waals surface area contributed by atoms with E-state index in [2.05, 4.69) is 15.9 Å². The molecule has 0 atom stereocenters. The first kappa shape index (κ1) is 12.4. The molecular weight excluding hydrogens is 332 g/mol. The minimum Gasteiger partial charge on any atom is -0.506 e. The molecule has 0 aromatic heterocycles. The van der Waals surface area contributed by atoms with Gasteiger partial charge in [0.2, 0.25) is 0 Å². The number of carbonyl (C=O) groups excluding carboxylic acids is 2. The Labute approximate surface area is 122 Å². The molecule has 2 aromatic carbocycles. The average molecular weight is 338 g/mol. The number of rotatable bonds is 0. The molecule has 0 unspecified atom stereocenters. The summed E-state index contributed by atoms with van der Waals surface area (Å²) < 4.78 is 0.289. The topological polar surface area (TPSA) is 54.4 Å². The number of fused-ring (bicyclic) bond motifs is 2. The quantitative estimate of drug-likeness (QED) is 0.682. The third-order valence-electron chi connectivity index (χ3n) is 3.08. The summed E-state index contributed by atoms with van der Waals surface area (Å²) in [5.41, 5.74) is 0.613. The molecule has 1 aliphatic carbocycles. The highest BCUT2D eigenvalue weighted by atomic mass is 79.9. The summed E-state index contributed by atoms with van der Waals surface area (Å²) in [6.45, 7) is 0. The van der Waals surface area contributed by atoms with Crippen LogP contribution in [0.5, 0.6) is 5.75 Å². The van der Waals surface area contributed by atoms with Crippen molar-refractivity contribution in [3.8, 4) is 5.75 Å². The lowest BCUT2D eigenvalue weighted by Gasteiger charge is -2.19. The summed E-state index contributed by atoms with van der Waals surface area (Å²) in [5, 5.41) is 10.1. The third kappa shape index (κ3) is 1.64. The number of carbonyl (C=O) groups is 2. The number of halogens is 2. The van der Waals surface area contributed by atoms with Gasteiger partial charge < -0.3 is 5.11 Å². The smallest absolute Gasteiger partial charge is 0.198 e. The third-order valence-corrected chi connectivity index (χ3v) is 3.98. The largest absolute Gasteiger partial charge is 0.506 e. The van der Waals surface area contributed by atoms with Crippen molar-refractivity contribution in [1.29, 1.82) is 0 Å². The molecule has 0 spiro atoms. The molecule has 5 heteroatoms. The van der Waals surface area contributed by atoms with Crippen molar-refractivity contribution in [3.05, 3.63) is 62.1 Å². The van der Waals surface area contributed by atoms with Gasteiger partial charge in [-0.1, -0.05) is 35.9 Å². The van der Waals surface area contributed by atoms with Crippen LogP contribution >= 0.6 is 27.5 Å². The second kappa shape index (κ2) is 4.18. The van der Waals surface area contributed by atoms with Crippen molar-refractivity contribution in [2.24, 2.45) is 0 Å². The lowest BCUT2D eigenvalue weighted by atomic mass is 9.83. The van der Waals surface area contributed by atoms with Crippen LogP contribution in [0.3, 0.4) is 0 Å². The van der Waals surface area contributed by atoms with Crippen LogP contribution in [-0.4, -0.2) is 16.7 Å². The Morgan fingerprint density at radius 1 is 1.00 bits per heavy atom. The fourth-order valence-corrected chi connectivity index (χ4v) is 3.05. The molecule has 1 N–H and O–H groups in total. The predicted molar refractivity (Wildman–Crippen MR) is 74.1 cm³/mol. The molecule has 2 aromatic rings. The fraction of sp³-hybridized carbons (Fsp3) is 0. The highest BCUT2D eigenvalue weighted by Crippen LogP contribution is 2.40. The zero-order valence-corrected chi connectivity index (χ0v) is 11.7. The maximum absolute atomic E-state index is 12.4. The molecule has 0 saturated heterocycles. The lowest BCUT2D eigenvalue weighted by Crippen LogP contribution is -2.21. The van der Waals surface area contributed by atoms with Gasteiger partial charge in [0.25, 0.3) is 0 Å². The van der Waals surface area contributed by atoms with Crippen LogP contribution in [-0.2, 0) is 0 Å². The van der Waals surface area contributed by atoms with E-state index in [9.17, 15) is 14.7 Å². The minimum absolute atomic E-state index is 0.0388. The number of hydrogen-bond acceptors (Lipinski definition) is 3. The van der Waals surface area contributed by atoms with E-state index in [1.54, 1.807) is 24.3 Å². The number of hydrogen-bond donors (Lipinski definition) is 1. The highest BCUT2D eigenvalue weighted by molar-refractivity contribution is 9.10. The Bertz CT molecular complexity index is 753. The standard InChI is InChI=1S/C14H6BrClO3/c15-8-5-9(16)10-11(14(8)19)13(18)7-4-2-1-3-6(7)12(10)17/h1-5,19H. The maximum atomic E-state index is 12.4. The van der Waals surface area contributed by atoms with Gasteiger partial charge in [0.15, 0.2) is 11.6 Å². The zero-order chi connectivity index (χ0) is 13.7. The number of phenols is 1. The molecule has 94 valence electrons. The first-order valence-electron chi connectivity index (χ1n) is 5.41. The van der Waals surface area contributed by atoms with Crippen LogP contribution in [0.15, 0.2) is 34.8 Å². The van der Waals surface area contributed by atoms with Crippen molar-refractivity contribution in [2.75, 3.05) is 0 Å². The number of benzene rings is 2. The summed E-state index contributed by atoms with van der Waals surface area (Å²) in [6, 6.07) is 7.91.